The number of hydrogen-bond acceptors (Lipinski definition) is 6. The molecule has 3 rings (SSSR count). The predicted molar refractivity (Wildman–Crippen MR) is 82.3 cm³/mol. The first kappa shape index (κ1) is 13.7. The first-order valence-corrected chi connectivity index (χ1v) is 7.30. The molecule has 0 amide bonds. The SMILES string of the molecule is Cc1nnc(N2CC[C@@H](CNc3ccccn3)C2)nc1C. The van der Waals surface area contributed by atoms with Gasteiger partial charge in [-0.3, -0.25) is 0 Å². The molecule has 0 aliphatic carbocycles. The highest BCUT2D eigenvalue weighted by molar-refractivity contribution is 5.35. The van der Waals surface area contributed by atoms with E-state index in [1.165, 1.54) is 0 Å². The molecule has 0 unspecified atom stereocenters. The summed E-state index contributed by atoms with van der Waals surface area (Å²) in [5, 5.41) is 11.8. The van der Waals surface area contributed by atoms with Gasteiger partial charge < -0.3 is 10.2 Å². The molecule has 0 radical (unpaired) electrons. The van der Waals surface area contributed by atoms with Crippen molar-refractivity contribution < 1.29 is 0 Å². The summed E-state index contributed by atoms with van der Waals surface area (Å²) in [5.74, 6) is 2.26. The molecule has 0 aromatic carbocycles. The summed E-state index contributed by atoms with van der Waals surface area (Å²) < 4.78 is 0. The van der Waals surface area contributed by atoms with E-state index in [1.807, 2.05) is 32.0 Å². The van der Waals surface area contributed by atoms with Crippen LogP contribution in [0.5, 0.6) is 0 Å². The number of nitrogens with one attached hydrogen (secondary N) is 1. The first-order chi connectivity index (χ1) is 10.2. The molecule has 1 fully saturated rings. The highest BCUT2D eigenvalue weighted by Gasteiger charge is 2.24. The van der Waals surface area contributed by atoms with Gasteiger partial charge in [-0.2, -0.15) is 5.10 Å². The maximum absolute atomic E-state index is 4.53. The monoisotopic (exact) mass is 284 g/mol. The lowest BCUT2D eigenvalue weighted by atomic mass is 10.1. The van der Waals surface area contributed by atoms with Crippen LogP contribution >= 0.6 is 0 Å². The molecule has 1 saturated heterocycles. The van der Waals surface area contributed by atoms with Crippen LogP contribution in [-0.4, -0.2) is 39.8 Å². The number of pyridine rings is 1. The molecule has 0 saturated carbocycles. The fourth-order valence-corrected chi connectivity index (χ4v) is 2.48. The van der Waals surface area contributed by atoms with E-state index in [-0.39, 0.29) is 0 Å². The average Bonchev–Trinajstić information content (AvgIpc) is 2.98. The van der Waals surface area contributed by atoms with Crippen LogP contribution in [0.3, 0.4) is 0 Å². The van der Waals surface area contributed by atoms with Gasteiger partial charge in [-0.25, -0.2) is 9.97 Å². The van der Waals surface area contributed by atoms with E-state index in [0.717, 1.165) is 49.2 Å². The second kappa shape index (κ2) is 6.03. The van der Waals surface area contributed by atoms with Crippen molar-refractivity contribution in [3.63, 3.8) is 0 Å². The number of rotatable bonds is 4. The Kier molecular flexibility index (Phi) is 3.94. The number of aryl methyl sites for hydroxylation is 2. The number of hydrogen-bond donors (Lipinski definition) is 1. The molecule has 3 heterocycles. The van der Waals surface area contributed by atoms with Crippen LogP contribution in [0.25, 0.3) is 0 Å². The molecule has 0 spiro atoms. The van der Waals surface area contributed by atoms with E-state index in [0.29, 0.717) is 5.92 Å². The molecule has 110 valence electrons. The molecule has 1 aliphatic heterocycles. The highest BCUT2D eigenvalue weighted by Crippen LogP contribution is 2.21. The molecule has 0 bridgehead atoms. The molecule has 6 heteroatoms. The minimum atomic E-state index is 0.581. The normalized spacial score (nSPS) is 18.0. The minimum Gasteiger partial charge on any atom is -0.370 e. The Morgan fingerprint density at radius 3 is 2.90 bits per heavy atom. The zero-order chi connectivity index (χ0) is 14.7. The van der Waals surface area contributed by atoms with Crippen molar-refractivity contribution in [1.82, 2.24) is 20.2 Å². The number of nitrogens with zero attached hydrogens (tertiary/aromatic N) is 5. The zero-order valence-electron chi connectivity index (χ0n) is 12.5. The van der Waals surface area contributed by atoms with Crippen LogP contribution in [-0.2, 0) is 0 Å². The van der Waals surface area contributed by atoms with Gasteiger partial charge in [-0.1, -0.05) is 6.07 Å². The van der Waals surface area contributed by atoms with Crippen molar-refractivity contribution in [1.29, 1.82) is 0 Å². The van der Waals surface area contributed by atoms with Gasteiger partial charge in [0.05, 0.1) is 11.4 Å². The Hall–Kier alpha value is -2.24. The number of aromatic nitrogens is 4. The topological polar surface area (TPSA) is 66.8 Å². The van der Waals surface area contributed by atoms with Crippen molar-refractivity contribution in [3.05, 3.63) is 35.8 Å². The summed E-state index contributed by atoms with van der Waals surface area (Å²) in [4.78, 5) is 11.0. The quantitative estimate of drug-likeness (QED) is 0.924. The fourth-order valence-electron chi connectivity index (χ4n) is 2.48. The lowest BCUT2D eigenvalue weighted by Gasteiger charge is -2.16. The summed E-state index contributed by atoms with van der Waals surface area (Å²) >= 11 is 0. The van der Waals surface area contributed by atoms with Gasteiger partial charge in [0, 0.05) is 25.8 Å². The van der Waals surface area contributed by atoms with Crippen LogP contribution in [0.1, 0.15) is 17.8 Å². The van der Waals surface area contributed by atoms with Gasteiger partial charge in [0.15, 0.2) is 0 Å². The maximum atomic E-state index is 4.53. The van der Waals surface area contributed by atoms with E-state index in [1.54, 1.807) is 6.20 Å². The molecule has 1 atom stereocenters. The molecular weight excluding hydrogens is 264 g/mol. The largest absolute Gasteiger partial charge is 0.370 e. The first-order valence-electron chi connectivity index (χ1n) is 7.30. The van der Waals surface area contributed by atoms with Crippen molar-refractivity contribution in [2.24, 2.45) is 5.92 Å². The molecule has 1 aliphatic rings. The van der Waals surface area contributed by atoms with E-state index in [4.69, 9.17) is 0 Å². The third-order valence-electron chi connectivity index (χ3n) is 3.89. The van der Waals surface area contributed by atoms with E-state index < -0.39 is 0 Å². The Labute approximate surface area is 124 Å². The lowest BCUT2D eigenvalue weighted by Crippen LogP contribution is -2.25. The van der Waals surface area contributed by atoms with Gasteiger partial charge in [0.2, 0.25) is 5.95 Å². The minimum absolute atomic E-state index is 0.581. The molecule has 2 aromatic heterocycles. The Morgan fingerprint density at radius 2 is 2.14 bits per heavy atom. The Balaban J connectivity index is 1.56. The molecular formula is C15H20N6. The maximum Gasteiger partial charge on any atom is 0.245 e. The smallest absolute Gasteiger partial charge is 0.245 e. The van der Waals surface area contributed by atoms with Gasteiger partial charge >= 0.3 is 0 Å². The second-order valence-corrected chi connectivity index (χ2v) is 5.48. The summed E-state index contributed by atoms with van der Waals surface area (Å²) in [6.45, 7) is 6.78. The van der Waals surface area contributed by atoms with Crippen LogP contribution < -0.4 is 10.2 Å². The van der Waals surface area contributed by atoms with Gasteiger partial charge in [-0.15, -0.1) is 5.10 Å². The van der Waals surface area contributed by atoms with Crippen molar-refractivity contribution >= 4 is 11.8 Å². The molecule has 6 nitrogen and oxygen atoms in total. The van der Waals surface area contributed by atoms with Gasteiger partial charge in [-0.05, 0) is 38.3 Å². The standard InChI is InChI=1S/C15H20N6/c1-11-12(2)19-20-15(18-11)21-8-6-13(10-21)9-17-14-5-3-4-7-16-14/h3-5,7,13H,6,8-10H2,1-2H3,(H,16,17)/t13-/m0/s1. The predicted octanol–water partition coefficient (Wildman–Crippen LogP) is 1.82. The highest BCUT2D eigenvalue weighted by atomic mass is 15.3. The van der Waals surface area contributed by atoms with Crippen LogP contribution in [0, 0.1) is 19.8 Å². The van der Waals surface area contributed by atoms with E-state index in [2.05, 4.69) is 30.4 Å². The van der Waals surface area contributed by atoms with Crippen molar-refractivity contribution in [2.45, 2.75) is 20.3 Å². The summed E-state index contributed by atoms with van der Waals surface area (Å²) in [7, 11) is 0. The number of anilines is 2. The lowest BCUT2D eigenvalue weighted by molar-refractivity contribution is 0.619. The Bertz CT molecular complexity index is 600. The average molecular weight is 284 g/mol. The third kappa shape index (κ3) is 3.26. The van der Waals surface area contributed by atoms with Crippen molar-refractivity contribution in [2.75, 3.05) is 29.9 Å². The van der Waals surface area contributed by atoms with Crippen LogP contribution in [0.15, 0.2) is 24.4 Å². The van der Waals surface area contributed by atoms with Crippen molar-refractivity contribution in [3.8, 4) is 0 Å². The molecule has 21 heavy (non-hydrogen) atoms. The molecule has 2 aromatic rings. The zero-order valence-corrected chi connectivity index (χ0v) is 12.5. The summed E-state index contributed by atoms with van der Waals surface area (Å²) in [6, 6.07) is 5.90. The van der Waals surface area contributed by atoms with E-state index >= 15 is 0 Å². The second-order valence-electron chi connectivity index (χ2n) is 5.48. The van der Waals surface area contributed by atoms with Crippen LogP contribution in [0.4, 0.5) is 11.8 Å². The fraction of sp³-hybridized carbons (Fsp3) is 0.467. The molecule has 1 N–H and O–H groups in total. The van der Waals surface area contributed by atoms with E-state index in [9.17, 15) is 0 Å². The summed E-state index contributed by atoms with van der Waals surface area (Å²) in [5.41, 5.74) is 1.85. The van der Waals surface area contributed by atoms with Gasteiger partial charge in [0.25, 0.3) is 0 Å². The van der Waals surface area contributed by atoms with Gasteiger partial charge in [0.1, 0.15) is 5.82 Å². The summed E-state index contributed by atoms with van der Waals surface area (Å²) in [6.07, 6.45) is 2.94. The Morgan fingerprint density at radius 1 is 1.24 bits per heavy atom. The third-order valence-corrected chi connectivity index (χ3v) is 3.89. The van der Waals surface area contributed by atoms with Crippen LogP contribution in [0.2, 0.25) is 0 Å².